The number of fused-ring (bicyclic) bond motifs is 3. The van der Waals surface area contributed by atoms with E-state index < -0.39 is 17.6 Å². The van der Waals surface area contributed by atoms with Gasteiger partial charge in [-0.3, -0.25) is 4.79 Å². The minimum Gasteiger partial charge on any atom is -0.489 e. The zero-order valence-electron chi connectivity index (χ0n) is 20.5. The zero-order valence-corrected chi connectivity index (χ0v) is 21.3. The van der Waals surface area contributed by atoms with Gasteiger partial charge in [0.2, 0.25) is 0 Å². The summed E-state index contributed by atoms with van der Waals surface area (Å²) in [6.45, 7) is 0.480. The third-order valence-corrected chi connectivity index (χ3v) is 8.90. The van der Waals surface area contributed by atoms with Crippen molar-refractivity contribution in [1.29, 1.82) is 0 Å². The molecule has 1 atom stereocenters. The van der Waals surface area contributed by atoms with Crippen LogP contribution in [0.1, 0.15) is 52.5 Å². The van der Waals surface area contributed by atoms with Crippen molar-refractivity contribution in [2.75, 3.05) is 5.75 Å². The van der Waals surface area contributed by atoms with Crippen LogP contribution in [0.3, 0.4) is 0 Å². The summed E-state index contributed by atoms with van der Waals surface area (Å²) in [6, 6.07) is 20.1. The number of aliphatic carboxylic acids is 1. The van der Waals surface area contributed by atoms with Crippen molar-refractivity contribution >= 4 is 40.8 Å². The third kappa shape index (κ3) is 5.03. The molecule has 1 fully saturated rings. The van der Waals surface area contributed by atoms with Crippen LogP contribution in [0, 0.1) is 17.0 Å². The topological polar surface area (TPSA) is 59.4 Å². The number of hydrogen-bond acceptors (Lipinski definition) is 4. The quantitative estimate of drug-likeness (QED) is 0.266. The fourth-order valence-corrected chi connectivity index (χ4v) is 6.65. The Morgan fingerprint density at radius 2 is 1.84 bits per heavy atom. The average molecular weight is 530 g/mol. The summed E-state index contributed by atoms with van der Waals surface area (Å²) < 4.78 is 33.4. The third-order valence-electron chi connectivity index (χ3n) is 7.28. The lowest BCUT2D eigenvalue weighted by Crippen LogP contribution is -2.12. The summed E-state index contributed by atoms with van der Waals surface area (Å²) in [5, 5.41) is 9.94. The monoisotopic (exact) mass is 529 g/mol. The SMILES string of the molecule is O=C(O)CC1(CSC2c3ccccc3COc3ccc(/C=C/c4ccc5cc(F)c(F)cc5n4)cc32)CC1. The van der Waals surface area contributed by atoms with Gasteiger partial charge >= 0.3 is 5.97 Å². The van der Waals surface area contributed by atoms with Crippen LogP contribution in [-0.4, -0.2) is 21.8 Å². The van der Waals surface area contributed by atoms with Crippen molar-refractivity contribution in [3.05, 3.63) is 106 Å². The van der Waals surface area contributed by atoms with Crippen LogP contribution in [0.25, 0.3) is 23.1 Å². The predicted octanol–water partition coefficient (Wildman–Crippen LogP) is 7.65. The molecule has 0 spiro atoms. The van der Waals surface area contributed by atoms with E-state index in [9.17, 15) is 18.7 Å². The van der Waals surface area contributed by atoms with E-state index in [1.165, 1.54) is 5.56 Å². The fourth-order valence-electron chi connectivity index (χ4n) is 4.97. The number of aromatic nitrogens is 1. The number of nitrogens with zero attached hydrogens (tertiary/aromatic N) is 1. The summed E-state index contributed by atoms with van der Waals surface area (Å²) >= 11 is 1.79. The minimum absolute atomic E-state index is 0.0139. The number of rotatable bonds is 7. The molecule has 38 heavy (non-hydrogen) atoms. The van der Waals surface area contributed by atoms with Gasteiger partial charge in [0.15, 0.2) is 11.6 Å². The molecule has 1 aromatic heterocycles. The summed E-state index contributed by atoms with van der Waals surface area (Å²) in [6.07, 6.45) is 5.89. The van der Waals surface area contributed by atoms with Gasteiger partial charge in [-0.05, 0) is 65.3 Å². The van der Waals surface area contributed by atoms with Crippen molar-refractivity contribution < 1.29 is 23.4 Å². The van der Waals surface area contributed by atoms with E-state index >= 15 is 0 Å². The van der Waals surface area contributed by atoms with Gasteiger partial charge in [0, 0.05) is 22.8 Å². The second kappa shape index (κ2) is 9.87. The number of carboxylic acid groups (broad SMARTS) is 1. The first-order chi connectivity index (χ1) is 18.4. The average Bonchev–Trinajstić information content (AvgIpc) is 3.68. The lowest BCUT2D eigenvalue weighted by atomic mass is 9.98. The molecule has 0 saturated heterocycles. The molecule has 0 bridgehead atoms. The number of benzene rings is 3. The van der Waals surface area contributed by atoms with Gasteiger partial charge in [-0.2, -0.15) is 0 Å². The van der Waals surface area contributed by atoms with Crippen LogP contribution in [0.4, 0.5) is 8.78 Å². The number of carbonyl (C=O) groups is 1. The predicted molar refractivity (Wildman–Crippen MR) is 146 cm³/mol. The second-order valence-electron chi connectivity index (χ2n) is 10.1. The highest BCUT2D eigenvalue weighted by Crippen LogP contribution is 2.55. The molecule has 4 aromatic rings. The molecule has 192 valence electrons. The van der Waals surface area contributed by atoms with Crippen LogP contribution < -0.4 is 4.74 Å². The molecule has 1 unspecified atom stereocenters. The maximum absolute atomic E-state index is 13.7. The lowest BCUT2D eigenvalue weighted by Gasteiger charge is -2.22. The van der Waals surface area contributed by atoms with E-state index in [1.54, 1.807) is 23.9 Å². The number of thioether (sulfide) groups is 1. The number of carboxylic acids is 1. The first-order valence-electron chi connectivity index (χ1n) is 12.5. The van der Waals surface area contributed by atoms with Crippen molar-refractivity contribution in [3.63, 3.8) is 0 Å². The van der Waals surface area contributed by atoms with Gasteiger partial charge in [0.25, 0.3) is 0 Å². The standard InChI is InChI=1S/C31H25F2NO3S/c32-25-14-20-7-9-22(34-27(20)15-26(25)33)8-5-19-6-10-28-24(13-19)30(23-4-2-1-3-21(23)17-37-28)38-18-31(11-12-31)16-29(35)36/h1-10,13-15,30H,11-12,16-18H2,(H,35,36)/b8-5+. The Morgan fingerprint density at radius 3 is 2.66 bits per heavy atom. The normalized spacial score (nSPS) is 17.5. The van der Waals surface area contributed by atoms with Gasteiger partial charge in [-0.25, -0.2) is 13.8 Å². The molecule has 1 N–H and O–H groups in total. The Morgan fingerprint density at radius 1 is 1.03 bits per heavy atom. The van der Waals surface area contributed by atoms with Crippen LogP contribution >= 0.6 is 11.8 Å². The number of hydrogen-bond donors (Lipinski definition) is 1. The Balaban J connectivity index is 1.31. The van der Waals surface area contributed by atoms with Crippen molar-refractivity contribution in [1.82, 2.24) is 4.98 Å². The highest BCUT2D eigenvalue weighted by atomic mass is 32.2. The van der Waals surface area contributed by atoms with Gasteiger partial charge in [0.1, 0.15) is 12.4 Å². The van der Waals surface area contributed by atoms with E-state index in [2.05, 4.69) is 23.2 Å². The molecule has 1 aliphatic heterocycles. The Kier molecular flexibility index (Phi) is 6.40. The number of ether oxygens (including phenoxy) is 1. The molecule has 1 aliphatic carbocycles. The first kappa shape index (κ1) is 24.6. The maximum atomic E-state index is 13.7. The Hall–Kier alpha value is -3.71. The molecule has 4 nitrogen and oxygen atoms in total. The van der Waals surface area contributed by atoms with E-state index in [-0.39, 0.29) is 17.1 Å². The number of pyridine rings is 1. The zero-order chi connectivity index (χ0) is 26.3. The van der Waals surface area contributed by atoms with E-state index in [0.29, 0.717) is 23.2 Å². The molecule has 2 aliphatic rings. The highest BCUT2D eigenvalue weighted by molar-refractivity contribution is 7.99. The van der Waals surface area contributed by atoms with Crippen LogP contribution in [0.15, 0.2) is 66.7 Å². The Labute approximate surface area is 223 Å². The van der Waals surface area contributed by atoms with Gasteiger partial charge in [-0.15, -0.1) is 11.8 Å². The van der Waals surface area contributed by atoms with Crippen molar-refractivity contribution in [3.8, 4) is 5.75 Å². The molecule has 2 heterocycles. The molecular weight excluding hydrogens is 504 g/mol. The molecule has 6 rings (SSSR count). The maximum Gasteiger partial charge on any atom is 0.303 e. The van der Waals surface area contributed by atoms with E-state index in [1.807, 2.05) is 36.4 Å². The summed E-state index contributed by atoms with van der Waals surface area (Å²) in [5.41, 5.74) is 5.23. The largest absolute Gasteiger partial charge is 0.489 e. The van der Waals surface area contributed by atoms with Crippen LogP contribution in [0.2, 0.25) is 0 Å². The summed E-state index contributed by atoms with van der Waals surface area (Å²) in [5.74, 6) is -0.956. The first-order valence-corrected chi connectivity index (χ1v) is 13.6. The highest BCUT2D eigenvalue weighted by Gasteiger charge is 2.45. The molecule has 7 heteroatoms. The molecule has 1 saturated carbocycles. The van der Waals surface area contributed by atoms with Gasteiger partial charge in [0.05, 0.1) is 22.9 Å². The van der Waals surface area contributed by atoms with Crippen LogP contribution in [0.5, 0.6) is 5.75 Å². The molecular formula is C31H25F2NO3S. The molecule has 0 amide bonds. The van der Waals surface area contributed by atoms with Gasteiger partial charge < -0.3 is 9.84 Å². The van der Waals surface area contributed by atoms with Crippen molar-refractivity contribution in [2.24, 2.45) is 5.41 Å². The summed E-state index contributed by atoms with van der Waals surface area (Å²) in [7, 11) is 0. The fraction of sp³-hybridized carbons (Fsp3) is 0.226. The van der Waals surface area contributed by atoms with Crippen LogP contribution in [-0.2, 0) is 11.4 Å². The van der Waals surface area contributed by atoms with Gasteiger partial charge in [-0.1, -0.05) is 42.5 Å². The van der Waals surface area contributed by atoms with Crippen molar-refractivity contribution in [2.45, 2.75) is 31.1 Å². The summed E-state index contributed by atoms with van der Waals surface area (Å²) in [4.78, 5) is 15.9. The Bertz CT molecular complexity index is 1580. The van der Waals surface area contributed by atoms with E-state index in [4.69, 9.17) is 4.74 Å². The molecule has 3 aromatic carbocycles. The second-order valence-corrected chi connectivity index (χ2v) is 11.2. The lowest BCUT2D eigenvalue weighted by molar-refractivity contribution is -0.138. The number of halogens is 2. The molecule has 0 radical (unpaired) electrons. The minimum atomic E-state index is -0.919. The van der Waals surface area contributed by atoms with E-state index in [0.717, 1.165) is 53.2 Å². The smallest absolute Gasteiger partial charge is 0.303 e.